The number of aliphatic hydroxyl groups excluding tert-OH is 2. The van der Waals surface area contributed by atoms with Crippen LogP contribution in [0.5, 0.6) is 0 Å². The van der Waals surface area contributed by atoms with Crippen molar-refractivity contribution in [3.63, 3.8) is 0 Å². The molecule has 0 saturated carbocycles. The molecular formula is C8H11NO4. The average Bonchev–Trinajstić information content (AvgIpc) is 2.42. The highest BCUT2D eigenvalue weighted by atomic mass is 16.3. The molecule has 72 valence electrons. The van der Waals surface area contributed by atoms with E-state index in [-0.39, 0.29) is 13.0 Å². The molecule has 1 heterocycles. The van der Waals surface area contributed by atoms with Crippen molar-refractivity contribution in [3.05, 3.63) is 12.2 Å². The van der Waals surface area contributed by atoms with Gasteiger partial charge < -0.3 is 10.2 Å². The van der Waals surface area contributed by atoms with Crippen LogP contribution in [0.2, 0.25) is 0 Å². The SMILES string of the molecule is O=C1C=CC(=O)N1C(O)CCCO. The summed E-state index contributed by atoms with van der Waals surface area (Å²) in [5, 5.41) is 17.8. The van der Waals surface area contributed by atoms with Gasteiger partial charge in [0, 0.05) is 18.8 Å². The number of imide groups is 1. The third-order valence-electron chi connectivity index (χ3n) is 1.76. The van der Waals surface area contributed by atoms with Gasteiger partial charge in [-0.25, -0.2) is 4.90 Å². The molecule has 5 nitrogen and oxygen atoms in total. The molecule has 1 aliphatic rings. The zero-order valence-electron chi connectivity index (χ0n) is 7.01. The fraction of sp³-hybridized carbons (Fsp3) is 0.500. The Labute approximate surface area is 75.3 Å². The number of hydrogen-bond donors (Lipinski definition) is 2. The summed E-state index contributed by atoms with van der Waals surface area (Å²) in [4.78, 5) is 22.7. The molecule has 0 spiro atoms. The predicted octanol–water partition coefficient (Wildman–Crippen LogP) is -0.998. The van der Waals surface area contributed by atoms with Gasteiger partial charge in [-0.1, -0.05) is 0 Å². The molecule has 0 bridgehead atoms. The maximum Gasteiger partial charge on any atom is 0.255 e. The summed E-state index contributed by atoms with van der Waals surface area (Å²) in [5.41, 5.74) is 0. The minimum absolute atomic E-state index is 0.0687. The lowest BCUT2D eigenvalue weighted by Gasteiger charge is -2.20. The summed E-state index contributed by atoms with van der Waals surface area (Å²) in [7, 11) is 0. The Morgan fingerprint density at radius 1 is 1.31 bits per heavy atom. The minimum atomic E-state index is -1.12. The van der Waals surface area contributed by atoms with Crippen LogP contribution in [0.4, 0.5) is 0 Å². The van der Waals surface area contributed by atoms with Gasteiger partial charge in [0.05, 0.1) is 0 Å². The van der Waals surface area contributed by atoms with E-state index in [2.05, 4.69) is 0 Å². The molecule has 0 aromatic heterocycles. The molecule has 0 aromatic rings. The van der Waals surface area contributed by atoms with Gasteiger partial charge in [0.1, 0.15) is 6.23 Å². The van der Waals surface area contributed by atoms with Crippen molar-refractivity contribution in [1.29, 1.82) is 0 Å². The molecule has 0 aliphatic carbocycles. The van der Waals surface area contributed by atoms with Gasteiger partial charge in [-0.3, -0.25) is 9.59 Å². The highest BCUT2D eigenvalue weighted by molar-refractivity contribution is 6.13. The van der Waals surface area contributed by atoms with Crippen LogP contribution >= 0.6 is 0 Å². The van der Waals surface area contributed by atoms with Crippen LogP contribution in [0.3, 0.4) is 0 Å². The van der Waals surface area contributed by atoms with E-state index in [4.69, 9.17) is 5.11 Å². The molecule has 5 heteroatoms. The van der Waals surface area contributed by atoms with E-state index in [1.165, 1.54) is 0 Å². The first-order valence-electron chi connectivity index (χ1n) is 4.01. The first-order chi connectivity index (χ1) is 6.16. The summed E-state index contributed by atoms with van der Waals surface area (Å²) >= 11 is 0. The molecule has 0 saturated heterocycles. The van der Waals surface area contributed by atoms with Crippen LogP contribution in [0.1, 0.15) is 12.8 Å². The van der Waals surface area contributed by atoms with Gasteiger partial charge in [0.25, 0.3) is 11.8 Å². The van der Waals surface area contributed by atoms with Crippen LogP contribution in [0.15, 0.2) is 12.2 Å². The molecule has 2 amide bonds. The quantitative estimate of drug-likeness (QED) is 0.551. The summed E-state index contributed by atoms with van der Waals surface area (Å²) in [6.07, 6.45) is 1.67. The Bertz CT molecular complexity index is 231. The second-order valence-electron chi connectivity index (χ2n) is 2.73. The van der Waals surface area contributed by atoms with Crippen molar-refractivity contribution < 1.29 is 19.8 Å². The zero-order valence-corrected chi connectivity index (χ0v) is 7.01. The smallest absolute Gasteiger partial charge is 0.255 e. The number of nitrogens with zero attached hydrogens (tertiary/aromatic N) is 1. The predicted molar refractivity (Wildman–Crippen MR) is 43.3 cm³/mol. The van der Waals surface area contributed by atoms with Crippen molar-refractivity contribution in [3.8, 4) is 0 Å². The molecule has 13 heavy (non-hydrogen) atoms. The average molecular weight is 185 g/mol. The minimum Gasteiger partial charge on any atom is -0.396 e. The van der Waals surface area contributed by atoms with E-state index in [0.29, 0.717) is 6.42 Å². The van der Waals surface area contributed by atoms with Gasteiger partial charge in [-0.15, -0.1) is 0 Å². The molecule has 1 rings (SSSR count). The van der Waals surface area contributed by atoms with Crippen LogP contribution in [-0.2, 0) is 9.59 Å². The summed E-state index contributed by atoms with van der Waals surface area (Å²) in [6, 6.07) is 0. The number of carbonyl (C=O) groups is 2. The number of hydrogen-bond acceptors (Lipinski definition) is 4. The molecule has 1 aliphatic heterocycles. The zero-order chi connectivity index (χ0) is 9.84. The van der Waals surface area contributed by atoms with E-state index >= 15 is 0 Å². The largest absolute Gasteiger partial charge is 0.396 e. The maximum atomic E-state index is 11.0. The number of carbonyl (C=O) groups excluding carboxylic acids is 2. The standard InChI is InChI=1S/C8H11NO4/c10-5-1-2-6(11)9-7(12)3-4-8(9)13/h3-4,6,10-11H,1-2,5H2. The van der Waals surface area contributed by atoms with Gasteiger partial charge in [-0.05, 0) is 12.8 Å². The van der Waals surface area contributed by atoms with Crippen molar-refractivity contribution in [2.45, 2.75) is 19.1 Å². The van der Waals surface area contributed by atoms with E-state index in [0.717, 1.165) is 17.1 Å². The Kier molecular flexibility index (Phi) is 3.16. The van der Waals surface area contributed by atoms with Crippen LogP contribution in [-0.4, -0.2) is 39.8 Å². The van der Waals surface area contributed by atoms with Crippen molar-refractivity contribution in [2.75, 3.05) is 6.61 Å². The Morgan fingerprint density at radius 3 is 2.31 bits per heavy atom. The number of amides is 2. The first-order valence-corrected chi connectivity index (χ1v) is 4.01. The lowest BCUT2D eigenvalue weighted by Crippen LogP contribution is -2.39. The highest BCUT2D eigenvalue weighted by Crippen LogP contribution is 2.10. The van der Waals surface area contributed by atoms with E-state index in [1.54, 1.807) is 0 Å². The molecule has 1 unspecified atom stereocenters. The third-order valence-corrected chi connectivity index (χ3v) is 1.76. The topological polar surface area (TPSA) is 77.8 Å². The second-order valence-corrected chi connectivity index (χ2v) is 2.73. The molecular weight excluding hydrogens is 174 g/mol. The van der Waals surface area contributed by atoms with Crippen LogP contribution in [0, 0.1) is 0 Å². The maximum absolute atomic E-state index is 11.0. The lowest BCUT2D eigenvalue weighted by atomic mass is 10.2. The lowest BCUT2D eigenvalue weighted by molar-refractivity contribution is -0.148. The van der Waals surface area contributed by atoms with Crippen LogP contribution < -0.4 is 0 Å². The highest BCUT2D eigenvalue weighted by Gasteiger charge is 2.29. The van der Waals surface area contributed by atoms with E-state index in [1.807, 2.05) is 0 Å². The van der Waals surface area contributed by atoms with Crippen molar-refractivity contribution in [1.82, 2.24) is 4.90 Å². The van der Waals surface area contributed by atoms with E-state index < -0.39 is 18.0 Å². The van der Waals surface area contributed by atoms with Crippen molar-refractivity contribution >= 4 is 11.8 Å². The fourth-order valence-electron chi connectivity index (χ4n) is 1.11. The molecule has 2 N–H and O–H groups in total. The van der Waals surface area contributed by atoms with Gasteiger partial charge in [-0.2, -0.15) is 0 Å². The third kappa shape index (κ3) is 2.13. The summed E-state index contributed by atoms with van der Waals surface area (Å²) in [6.45, 7) is -0.0687. The first kappa shape index (κ1) is 9.88. The van der Waals surface area contributed by atoms with Gasteiger partial charge in [0.2, 0.25) is 0 Å². The molecule has 0 radical (unpaired) electrons. The number of aliphatic hydroxyl groups is 2. The summed E-state index contributed by atoms with van der Waals surface area (Å²) in [5.74, 6) is -1.01. The van der Waals surface area contributed by atoms with E-state index in [9.17, 15) is 14.7 Å². The molecule has 0 fully saturated rings. The van der Waals surface area contributed by atoms with Crippen molar-refractivity contribution in [2.24, 2.45) is 0 Å². The normalized spacial score (nSPS) is 18.5. The van der Waals surface area contributed by atoms with Crippen LogP contribution in [0.25, 0.3) is 0 Å². The Morgan fingerprint density at radius 2 is 1.85 bits per heavy atom. The fourth-order valence-corrected chi connectivity index (χ4v) is 1.11. The van der Waals surface area contributed by atoms with Gasteiger partial charge in [0.15, 0.2) is 0 Å². The Balaban J connectivity index is 2.51. The molecule has 1 atom stereocenters. The summed E-state index contributed by atoms with van der Waals surface area (Å²) < 4.78 is 0. The number of rotatable bonds is 4. The molecule has 0 aromatic carbocycles. The monoisotopic (exact) mass is 185 g/mol. The Hall–Kier alpha value is -1.20. The van der Waals surface area contributed by atoms with Gasteiger partial charge >= 0.3 is 0 Å². The second kappa shape index (κ2) is 4.15.